The summed E-state index contributed by atoms with van der Waals surface area (Å²) in [5.41, 5.74) is 5.63. The predicted molar refractivity (Wildman–Crippen MR) is 50.6 cm³/mol. The third-order valence-electron chi connectivity index (χ3n) is 1.55. The molecule has 1 rings (SSSR count). The number of methoxy groups -OCH3 is 1. The zero-order valence-electron chi connectivity index (χ0n) is 7.41. The van der Waals surface area contributed by atoms with Crippen LogP contribution in [0.5, 0.6) is 5.19 Å². The van der Waals surface area contributed by atoms with Crippen molar-refractivity contribution in [2.45, 2.75) is 25.8 Å². The number of aromatic nitrogens is 1. The van der Waals surface area contributed by atoms with E-state index < -0.39 is 0 Å². The van der Waals surface area contributed by atoms with E-state index in [0.717, 1.165) is 18.0 Å². The van der Waals surface area contributed by atoms with Crippen LogP contribution in [0.3, 0.4) is 0 Å². The van der Waals surface area contributed by atoms with Gasteiger partial charge in [0.05, 0.1) is 7.11 Å². The number of aryl methyl sites for hydroxylation is 1. The van der Waals surface area contributed by atoms with Gasteiger partial charge >= 0.3 is 0 Å². The minimum atomic E-state index is 0.262. The minimum Gasteiger partial charge on any atom is -0.473 e. The summed E-state index contributed by atoms with van der Waals surface area (Å²) < 4.78 is 4.98. The largest absolute Gasteiger partial charge is 0.473 e. The molecular formula is C8H14N2OS. The van der Waals surface area contributed by atoms with Crippen molar-refractivity contribution < 1.29 is 4.74 Å². The maximum atomic E-state index is 5.63. The quantitative estimate of drug-likeness (QED) is 0.774. The van der Waals surface area contributed by atoms with E-state index in [1.165, 1.54) is 4.88 Å². The molecule has 68 valence electrons. The summed E-state index contributed by atoms with van der Waals surface area (Å²) >= 11 is 1.59. The number of hydrogen-bond donors (Lipinski definition) is 1. The second-order valence-electron chi connectivity index (χ2n) is 2.81. The Labute approximate surface area is 76.6 Å². The van der Waals surface area contributed by atoms with E-state index in [-0.39, 0.29) is 6.04 Å². The Morgan fingerprint density at radius 3 is 3.00 bits per heavy atom. The highest BCUT2D eigenvalue weighted by molar-refractivity contribution is 7.13. The van der Waals surface area contributed by atoms with Crippen LogP contribution in [0.4, 0.5) is 0 Å². The van der Waals surface area contributed by atoms with Crippen LogP contribution in [-0.4, -0.2) is 18.1 Å². The zero-order valence-corrected chi connectivity index (χ0v) is 8.23. The molecular weight excluding hydrogens is 172 g/mol. The Bertz CT molecular complexity index is 235. The molecule has 0 fully saturated rings. The standard InChI is InChI=1S/C8H14N2OS/c1-6(9)3-4-7-5-10-8(11-2)12-7/h5-6H,3-4,9H2,1-2H3/t6-/m0/s1. The van der Waals surface area contributed by atoms with E-state index >= 15 is 0 Å². The molecule has 0 saturated heterocycles. The minimum absolute atomic E-state index is 0.262. The summed E-state index contributed by atoms with van der Waals surface area (Å²) in [6.07, 6.45) is 3.86. The number of rotatable bonds is 4. The van der Waals surface area contributed by atoms with Gasteiger partial charge in [-0.25, -0.2) is 4.98 Å². The molecule has 0 unspecified atom stereocenters. The molecule has 0 bridgehead atoms. The van der Waals surface area contributed by atoms with E-state index in [2.05, 4.69) is 4.98 Å². The van der Waals surface area contributed by atoms with Crippen molar-refractivity contribution in [3.8, 4) is 5.19 Å². The first-order valence-corrected chi connectivity index (χ1v) is 4.78. The first kappa shape index (κ1) is 9.48. The Hall–Kier alpha value is -0.610. The topological polar surface area (TPSA) is 48.1 Å². The van der Waals surface area contributed by atoms with Gasteiger partial charge in [0.25, 0.3) is 5.19 Å². The van der Waals surface area contributed by atoms with Crippen LogP contribution in [0.15, 0.2) is 6.20 Å². The van der Waals surface area contributed by atoms with Crippen LogP contribution in [0.1, 0.15) is 18.2 Å². The van der Waals surface area contributed by atoms with Gasteiger partial charge in [0.2, 0.25) is 0 Å². The molecule has 0 aliphatic rings. The molecule has 0 saturated carbocycles. The predicted octanol–water partition coefficient (Wildman–Crippen LogP) is 1.43. The summed E-state index contributed by atoms with van der Waals surface area (Å²) in [4.78, 5) is 5.31. The van der Waals surface area contributed by atoms with Gasteiger partial charge in [-0.3, -0.25) is 0 Å². The van der Waals surface area contributed by atoms with Crippen molar-refractivity contribution in [2.75, 3.05) is 7.11 Å². The lowest BCUT2D eigenvalue weighted by atomic mass is 10.2. The fourth-order valence-electron chi connectivity index (χ4n) is 0.869. The van der Waals surface area contributed by atoms with E-state index in [1.807, 2.05) is 13.1 Å². The van der Waals surface area contributed by atoms with Crippen LogP contribution in [-0.2, 0) is 6.42 Å². The average Bonchev–Trinajstić information content (AvgIpc) is 2.48. The molecule has 1 atom stereocenters. The summed E-state index contributed by atoms with van der Waals surface area (Å²) in [7, 11) is 1.63. The first-order chi connectivity index (χ1) is 5.72. The molecule has 1 aromatic rings. The lowest BCUT2D eigenvalue weighted by Crippen LogP contribution is -2.14. The molecule has 0 aromatic carbocycles. The normalized spacial score (nSPS) is 12.9. The van der Waals surface area contributed by atoms with E-state index in [9.17, 15) is 0 Å². The van der Waals surface area contributed by atoms with E-state index in [1.54, 1.807) is 18.4 Å². The van der Waals surface area contributed by atoms with Gasteiger partial charge in [-0.2, -0.15) is 0 Å². The molecule has 0 spiro atoms. The van der Waals surface area contributed by atoms with Crippen molar-refractivity contribution in [1.82, 2.24) is 4.98 Å². The molecule has 1 heterocycles. The van der Waals surface area contributed by atoms with Crippen molar-refractivity contribution in [3.05, 3.63) is 11.1 Å². The number of hydrogen-bond acceptors (Lipinski definition) is 4. The molecule has 1 aromatic heterocycles. The highest BCUT2D eigenvalue weighted by atomic mass is 32.1. The summed E-state index contributed by atoms with van der Waals surface area (Å²) in [5.74, 6) is 0. The van der Waals surface area contributed by atoms with Gasteiger partial charge < -0.3 is 10.5 Å². The Kier molecular flexibility index (Phi) is 3.49. The van der Waals surface area contributed by atoms with Crippen molar-refractivity contribution in [1.29, 1.82) is 0 Å². The molecule has 4 heteroatoms. The number of thiazole rings is 1. The lowest BCUT2D eigenvalue weighted by Gasteiger charge is -2.00. The number of ether oxygens (including phenoxy) is 1. The van der Waals surface area contributed by atoms with Crippen LogP contribution in [0.2, 0.25) is 0 Å². The Balaban J connectivity index is 2.41. The monoisotopic (exact) mass is 186 g/mol. The number of nitrogens with two attached hydrogens (primary N) is 1. The summed E-state index contributed by atoms with van der Waals surface area (Å²) in [5, 5.41) is 0.731. The second kappa shape index (κ2) is 4.42. The second-order valence-corrected chi connectivity index (χ2v) is 3.89. The fraction of sp³-hybridized carbons (Fsp3) is 0.625. The van der Waals surface area contributed by atoms with Gasteiger partial charge in [-0.15, -0.1) is 0 Å². The maximum absolute atomic E-state index is 5.63. The highest BCUT2D eigenvalue weighted by Gasteiger charge is 2.02. The number of nitrogens with zero attached hydrogens (tertiary/aromatic N) is 1. The Morgan fingerprint density at radius 2 is 2.50 bits per heavy atom. The summed E-state index contributed by atoms with van der Waals surface area (Å²) in [6, 6.07) is 0.262. The van der Waals surface area contributed by atoms with Gasteiger partial charge in [-0.05, 0) is 19.8 Å². The van der Waals surface area contributed by atoms with Crippen molar-refractivity contribution in [3.63, 3.8) is 0 Å². The molecule has 3 nitrogen and oxygen atoms in total. The van der Waals surface area contributed by atoms with Crippen molar-refractivity contribution >= 4 is 11.3 Å². The zero-order chi connectivity index (χ0) is 8.97. The van der Waals surface area contributed by atoms with Crippen LogP contribution in [0, 0.1) is 0 Å². The van der Waals surface area contributed by atoms with Crippen LogP contribution in [0.25, 0.3) is 0 Å². The molecule has 0 aliphatic carbocycles. The van der Waals surface area contributed by atoms with Crippen LogP contribution < -0.4 is 10.5 Å². The van der Waals surface area contributed by atoms with E-state index in [4.69, 9.17) is 10.5 Å². The maximum Gasteiger partial charge on any atom is 0.273 e. The van der Waals surface area contributed by atoms with E-state index in [0.29, 0.717) is 0 Å². The first-order valence-electron chi connectivity index (χ1n) is 3.96. The van der Waals surface area contributed by atoms with Gasteiger partial charge in [-0.1, -0.05) is 11.3 Å². The van der Waals surface area contributed by atoms with Crippen LogP contribution >= 0.6 is 11.3 Å². The smallest absolute Gasteiger partial charge is 0.273 e. The lowest BCUT2D eigenvalue weighted by molar-refractivity contribution is 0.412. The van der Waals surface area contributed by atoms with Gasteiger partial charge in [0.15, 0.2) is 0 Å². The van der Waals surface area contributed by atoms with Gasteiger partial charge in [0.1, 0.15) is 0 Å². The highest BCUT2D eigenvalue weighted by Crippen LogP contribution is 2.21. The average molecular weight is 186 g/mol. The fourth-order valence-corrected chi connectivity index (χ4v) is 1.61. The third-order valence-corrected chi connectivity index (χ3v) is 2.57. The third kappa shape index (κ3) is 2.79. The van der Waals surface area contributed by atoms with Crippen molar-refractivity contribution in [2.24, 2.45) is 5.73 Å². The Morgan fingerprint density at radius 1 is 1.75 bits per heavy atom. The molecule has 2 N–H and O–H groups in total. The molecule has 12 heavy (non-hydrogen) atoms. The SMILES string of the molecule is COc1ncc(CC[C@H](C)N)s1. The van der Waals surface area contributed by atoms with Gasteiger partial charge in [0, 0.05) is 17.1 Å². The summed E-state index contributed by atoms with van der Waals surface area (Å²) in [6.45, 7) is 2.01. The molecule has 0 aliphatic heterocycles. The molecule has 0 radical (unpaired) electrons. The molecule has 0 amide bonds.